The molecule has 0 saturated heterocycles. The quantitative estimate of drug-likeness (QED) is 0.817. The Labute approximate surface area is 90.4 Å². The molecule has 0 aromatic heterocycles. The van der Waals surface area contributed by atoms with Crippen molar-refractivity contribution in [1.29, 1.82) is 0 Å². The van der Waals surface area contributed by atoms with Gasteiger partial charge in [0.1, 0.15) is 6.61 Å². The normalized spacial score (nSPS) is 12.2. The van der Waals surface area contributed by atoms with Crippen molar-refractivity contribution in [3.63, 3.8) is 0 Å². The molecule has 3 nitrogen and oxygen atoms in total. The Kier molecular flexibility index (Phi) is 4.31. The molecule has 1 aromatic rings. The Hall–Kier alpha value is -1.35. The lowest BCUT2D eigenvalue weighted by molar-refractivity contribution is -0.125. The fourth-order valence-corrected chi connectivity index (χ4v) is 1.44. The number of rotatable bonds is 4. The number of ether oxygens (including phenoxy) is 1. The summed E-state index contributed by atoms with van der Waals surface area (Å²) in [6.07, 6.45) is 0. The van der Waals surface area contributed by atoms with Crippen molar-refractivity contribution in [3.05, 3.63) is 35.4 Å². The number of methoxy groups -OCH3 is 1. The van der Waals surface area contributed by atoms with Crippen molar-refractivity contribution in [3.8, 4) is 0 Å². The van der Waals surface area contributed by atoms with Crippen LogP contribution in [0.4, 0.5) is 0 Å². The van der Waals surface area contributed by atoms with Crippen LogP contribution in [0.3, 0.4) is 0 Å². The fraction of sp³-hybridized carbons (Fsp3) is 0.417. The summed E-state index contributed by atoms with van der Waals surface area (Å²) in [5.74, 6) is -0.0912. The third kappa shape index (κ3) is 3.72. The lowest BCUT2D eigenvalue weighted by Crippen LogP contribution is -2.29. The minimum absolute atomic E-state index is 0.0209. The van der Waals surface area contributed by atoms with Gasteiger partial charge in [0.25, 0.3) is 0 Å². The Morgan fingerprint density at radius 3 is 2.87 bits per heavy atom. The average Bonchev–Trinajstić information content (AvgIpc) is 2.18. The van der Waals surface area contributed by atoms with Gasteiger partial charge in [0.15, 0.2) is 0 Å². The van der Waals surface area contributed by atoms with E-state index in [1.807, 2.05) is 32.0 Å². The highest BCUT2D eigenvalue weighted by atomic mass is 16.5. The Bertz CT molecular complexity index is 336. The molecule has 3 heteroatoms. The van der Waals surface area contributed by atoms with Crippen molar-refractivity contribution >= 4 is 5.91 Å². The van der Waals surface area contributed by atoms with E-state index in [9.17, 15) is 4.79 Å². The summed E-state index contributed by atoms with van der Waals surface area (Å²) in [4.78, 5) is 11.3. The zero-order chi connectivity index (χ0) is 11.3. The van der Waals surface area contributed by atoms with Crippen molar-refractivity contribution < 1.29 is 9.53 Å². The van der Waals surface area contributed by atoms with Gasteiger partial charge in [0.2, 0.25) is 5.91 Å². The van der Waals surface area contributed by atoms with Gasteiger partial charge < -0.3 is 10.1 Å². The van der Waals surface area contributed by atoms with Gasteiger partial charge >= 0.3 is 0 Å². The molecule has 0 bridgehead atoms. The lowest BCUT2D eigenvalue weighted by Gasteiger charge is -2.14. The number of carbonyl (C=O) groups is 1. The first kappa shape index (κ1) is 11.7. The van der Waals surface area contributed by atoms with E-state index in [4.69, 9.17) is 4.74 Å². The molecule has 1 N–H and O–H groups in total. The smallest absolute Gasteiger partial charge is 0.246 e. The molecule has 0 aliphatic rings. The molecule has 1 amide bonds. The van der Waals surface area contributed by atoms with Gasteiger partial charge in [-0.1, -0.05) is 29.8 Å². The molecule has 82 valence electrons. The van der Waals surface area contributed by atoms with Crippen molar-refractivity contribution in [2.24, 2.45) is 0 Å². The summed E-state index contributed by atoms with van der Waals surface area (Å²) in [6, 6.07) is 8.12. The van der Waals surface area contributed by atoms with Gasteiger partial charge in [-0.25, -0.2) is 0 Å². The zero-order valence-corrected chi connectivity index (χ0v) is 9.41. The molecule has 0 spiro atoms. The second-order valence-electron chi connectivity index (χ2n) is 3.64. The van der Waals surface area contributed by atoms with E-state index in [2.05, 4.69) is 11.4 Å². The van der Waals surface area contributed by atoms with E-state index in [1.54, 1.807) is 0 Å². The van der Waals surface area contributed by atoms with Gasteiger partial charge in [0.05, 0.1) is 6.04 Å². The largest absolute Gasteiger partial charge is 0.375 e. The standard InChI is InChI=1S/C12H17NO2/c1-9-5-4-6-11(7-9)10(2)13-12(14)8-15-3/h4-7,10H,8H2,1-3H3,(H,13,14)/t10-/m0/s1. The lowest BCUT2D eigenvalue weighted by atomic mass is 10.1. The van der Waals surface area contributed by atoms with Crippen LogP contribution >= 0.6 is 0 Å². The number of amides is 1. The zero-order valence-electron chi connectivity index (χ0n) is 9.41. The summed E-state index contributed by atoms with van der Waals surface area (Å²) in [7, 11) is 1.51. The monoisotopic (exact) mass is 207 g/mol. The highest BCUT2D eigenvalue weighted by molar-refractivity contribution is 5.77. The first-order valence-electron chi connectivity index (χ1n) is 4.98. The molecule has 0 unspecified atom stereocenters. The number of carbonyl (C=O) groups excluding carboxylic acids is 1. The molecular weight excluding hydrogens is 190 g/mol. The van der Waals surface area contributed by atoms with Gasteiger partial charge in [-0.2, -0.15) is 0 Å². The summed E-state index contributed by atoms with van der Waals surface area (Å²) >= 11 is 0. The summed E-state index contributed by atoms with van der Waals surface area (Å²) in [5, 5.41) is 2.86. The highest BCUT2D eigenvalue weighted by Gasteiger charge is 2.08. The van der Waals surface area contributed by atoms with E-state index in [0.29, 0.717) is 0 Å². The minimum Gasteiger partial charge on any atom is -0.375 e. The molecule has 0 aliphatic carbocycles. The number of benzene rings is 1. The van der Waals surface area contributed by atoms with Crippen LogP contribution in [-0.2, 0) is 9.53 Å². The number of hydrogen-bond donors (Lipinski definition) is 1. The maximum Gasteiger partial charge on any atom is 0.246 e. The van der Waals surface area contributed by atoms with Gasteiger partial charge in [-0.05, 0) is 19.4 Å². The highest BCUT2D eigenvalue weighted by Crippen LogP contribution is 2.13. The molecule has 0 fully saturated rings. The van der Waals surface area contributed by atoms with Gasteiger partial charge in [0, 0.05) is 7.11 Å². The Balaban J connectivity index is 2.60. The SMILES string of the molecule is COCC(=O)N[C@@H](C)c1cccc(C)c1. The van der Waals surface area contributed by atoms with Crippen LogP contribution in [0.1, 0.15) is 24.1 Å². The molecule has 1 aromatic carbocycles. The maximum atomic E-state index is 11.3. The average molecular weight is 207 g/mol. The first-order valence-corrected chi connectivity index (χ1v) is 4.98. The van der Waals surface area contributed by atoms with Crippen LogP contribution in [0.5, 0.6) is 0 Å². The van der Waals surface area contributed by atoms with Crippen molar-refractivity contribution in [1.82, 2.24) is 5.32 Å². The Morgan fingerprint density at radius 2 is 2.27 bits per heavy atom. The topological polar surface area (TPSA) is 38.3 Å². The number of hydrogen-bond acceptors (Lipinski definition) is 2. The molecule has 0 radical (unpaired) electrons. The van der Waals surface area contributed by atoms with E-state index in [1.165, 1.54) is 12.7 Å². The molecular formula is C12H17NO2. The fourth-order valence-electron chi connectivity index (χ4n) is 1.44. The number of aryl methyl sites for hydroxylation is 1. The predicted molar refractivity (Wildman–Crippen MR) is 59.6 cm³/mol. The molecule has 0 heterocycles. The minimum atomic E-state index is -0.0912. The van der Waals surface area contributed by atoms with Gasteiger partial charge in [-0.15, -0.1) is 0 Å². The molecule has 0 aliphatic heterocycles. The van der Waals surface area contributed by atoms with Crippen LogP contribution in [0.25, 0.3) is 0 Å². The van der Waals surface area contributed by atoms with Crippen LogP contribution in [0, 0.1) is 6.92 Å². The van der Waals surface area contributed by atoms with E-state index < -0.39 is 0 Å². The first-order chi connectivity index (χ1) is 7.13. The second kappa shape index (κ2) is 5.51. The maximum absolute atomic E-state index is 11.3. The van der Waals surface area contributed by atoms with E-state index in [-0.39, 0.29) is 18.6 Å². The summed E-state index contributed by atoms with van der Waals surface area (Å²) in [6.45, 7) is 4.10. The van der Waals surface area contributed by atoms with Crippen molar-refractivity contribution in [2.45, 2.75) is 19.9 Å². The summed E-state index contributed by atoms with van der Waals surface area (Å²) in [5.41, 5.74) is 2.31. The van der Waals surface area contributed by atoms with Crippen LogP contribution in [0.15, 0.2) is 24.3 Å². The number of nitrogens with one attached hydrogen (secondary N) is 1. The van der Waals surface area contributed by atoms with Crippen LogP contribution in [0.2, 0.25) is 0 Å². The predicted octanol–water partition coefficient (Wildman–Crippen LogP) is 1.82. The third-order valence-corrected chi connectivity index (χ3v) is 2.20. The van der Waals surface area contributed by atoms with Crippen LogP contribution in [-0.4, -0.2) is 19.6 Å². The third-order valence-electron chi connectivity index (χ3n) is 2.20. The second-order valence-corrected chi connectivity index (χ2v) is 3.64. The van der Waals surface area contributed by atoms with E-state index >= 15 is 0 Å². The van der Waals surface area contributed by atoms with Crippen LogP contribution < -0.4 is 5.32 Å². The molecule has 1 atom stereocenters. The molecule has 1 rings (SSSR count). The van der Waals surface area contributed by atoms with E-state index in [0.717, 1.165) is 5.56 Å². The molecule has 0 saturated carbocycles. The Morgan fingerprint density at radius 1 is 1.53 bits per heavy atom. The molecule has 15 heavy (non-hydrogen) atoms. The van der Waals surface area contributed by atoms with Gasteiger partial charge in [-0.3, -0.25) is 4.79 Å². The van der Waals surface area contributed by atoms with Crippen molar-refractivity contribution in [2.75, 3.05) is 13.7 Å². The summed E-state index contributed by atoms with van der Waals surface area (Å²) < 4.78 is 4.75.